The van der Waals surface area contributed by atoms with Crippen LogP contribution in [-0.2, 0) is 0 Å². The Bertz CT molecular complexity index is 1290. The molecule has 4 aromatic rings. The maximum Gasteiger partial charge on any atom is 0.231 e. The van der Waals surface area contributed by atoms with Gasteiger partial charge in [0.25, 0.3) is 0 Å². The van der Waals surface area contributed by atoms with E-state index in [4.69, 9.17) is 14.9 Å². The van der Waals surface area contributed by atoms with Crippen molar-refractivity contribution in [2.75, 3.05) is 39.3 Å². The van der Waals surface area contributed by atoms with Crippen molar-refractivity contribution < 1.29 is 9.47 Å². The number of fused-ring (bicyclic) bond motifs is 4. The molecule has 5 rings (SSSR count). The molecule has 0 aliphatic carbocycles. The molecular formula is C21H21N7O2S. The van der Waals surface area contributed by atoms with Crippen molar-refractivity contribution in [3.05, 3.63) is 41.7 Å². The molecule has 3 N–H and O–H groups in total. The second kappa shape index (κ2) is 7.97. The van der Waals surface area contributed by atoms with E-state index in [1.165, 1.54) is 17.7 Å². The van der Waals surface area contributed by atoms with Gasteiger partial charge in [-0.05, 0) is 38.4 Å². The van der Waals surface area contributed by atoms with Gasteiger partial charge < -0.3 is 25.0 Å². The summed E-state index contributed by atoms with van der Waals surface area (Å²) in [5.74, 6) is 2.42. The Morgan fingerprint density at radius 3 is 2.84 bits per heavy atom. The van der Waals surface area contributed by atoms with Crippen molar-refractivity contribution in [3.63, 3.8) is 0 Å². The van der Waals surface area contributed by atoms with E-state index < -0.39 is 0 Å². The predicted octanol–water partition coefficient (Wildman–Crippen LogP) is 3.19. The third-order valence-electron chi connectivity index (χ3n) is 4.87. The first kappa shape index (κ1) is 19.5. The van der Waals surface area contributed by atoms with Crippen LogP contribution in [0.5, 0.6) is 11.5 Å². The largest absolute Gasteiger partial charge is 0.454 e. The van der Waals surface area contributed by atoms with Crippen molar-refractivity contribution in [3.8, 4) is 11.5 Å². The number of benzene rings is 2. The Kier molecular flexibility index (Phi) is 5.00. The fourth-order valence-electron chi connectivity index (χ4n) is 3.32. The highest BCUT2D eigenvalue weighted by Crippen LogP contribution is 2.37. The minimum absolute atomic E-state index is 0.230. The van der Waals surface area contributed by atoms with Gasteiger partial charge in [-0.2, -0.15) is 0 Å². The molecule has 158 valence electrons. The van der Waals surface area contributed by atoms with Crippen LogP contribution in [0.3, 0.4) is 0 Å². The highest BCUT2D eigenvalue weighted by atomic mass is 32.1. The maximum absolute atomic E-state index is 8.36. The normalized spacial score (nSPS) is 12.6. The molecule has 0 radical (unpaired) electrons. The second-order valence-electron chi connectivity index (χ2n) is 7.35. The fraction of sp³-hybridized carbons (Fsp3) is 0.238. The van der Waals surface area contributed by atoms with Crippen molar-refractivity contribution in [2.24, 2.45) is 0 Å². The van der Waals surface area contributed by atoms with E-state index in [0.29, 0.717) is 29.0 Å². The van der Waals surface area contributed by atoms with Gasteiger partial charge in [-0.25, -0.2) is 15.0 Å². The summed E-state index contributed by atoms with van der Waals surface area (Å²) >= 11 is 1.46. The van der Waals surface area contributed by atoms with Crippen molar-refractivity contribution in [1.82, 2.24) is 25.2 Å². The van der Waals surface area contributed by atoms with Crippen LogP contribution in [0, 0.1) is 5.41 Å². The molecular weight excluding hydrogens is 414 g/mol. The summed E-state index contributed by atoms with van der Waals surface area (Å²) in [4.78, 5) is 15.6. The van der Waals surface area contributed by atoms with E-state index in [0.717, 1.165) is 39.1 Å². The van der Waals surface area contributed by atoms with E-state index in [1.807, 2.05) is 44.4 Å². The van der Waals surface area contributed by atoms with Crippen LogP contribution >= 0.6 is 11.3 Å². The van der Waals surface area contributed by atoms with Crippen LogP contribution in [0.1, 0.15) is 5.01 Å². The van der Waals surface area contributed by atoms with Crippen LogP contribution < -0.4 is 20.1 Å². The minimum Gasteiger partial charge on any atom is -0.454 e. The van der Waals surface area contributed by atoms with E-state index in [-0.39, 0.29) is 6.79 Å². The quantitative estimate of drug-likeness (QED) is 0.313. The summed E-state index contributed by atoms with van der Waals surface area (Å²) in [7, 11) is 4.01. The Labute approximate surface area is 182 Å². The van der Waals surface area contributed by atoms with Gasteiger partial charge in [-0.3, -0.25) is 5.41 Å². The molecule has 9 nitrogen and oxygen atoms in total. The molecule has 0 fully saturated rings. The van der Waals surface area contributed by atoms with Gasteiger partial charge in [0.1, 0.15) is 12.1 Å². The third kappa shape index (κ3) is 3.82. The number of likely N-dealkylation sites (N-methyl/N-ethyl adjacent to an activating group) is 1. The Balaban J connectivity index is 1.50. The molecule has 0 saturated carbocycles. The Morgan fingerprint density at radius 1 is 1.13 bits per heavy atom. The number of nitrogens with one attached hydrogen (secondary N) is 3. The van der Waals surface area contributed by atoms with E-state index in [1.54, 1.807) is 0 Å². The van der Waals surface area contributed by atoms with Crippen LogP contribution in [-0.4, -0.2) is 59.7 Å². The molecule has 1 aliphatic heterocycles. The lowest BCUT2D eigenvalue weighted by atomic mass is 10.2. The average molecular weight is 436 g/mol. The van der Waals surface area contributed by atoms with Gasteiger partial charge in [0.15, 0.2) is 22.3 Å². The lowest BCUT2D eigenvalue weighted by molar-refractivity contribution is 0.174. The van der Waals surface area contributed by atoms with E-state index >= 15 is 0 Å². The summed E-state index contributed by atoms with van der Waals surface area (Å²) in [5, 5.41) is 16.4. The van der Waals surface area contributed by atoms with E-state index in [9.17, 15) is 0 Å². The number of rotatable bonds is 6. The van der Waals surface area contributed by atoms with Gasteiger partial charge in [0.05, 0.1) is 21.1 Å². The van der Waals surface area contributed by atoms with Gasteiger partial charge >= 0.3 is 0 Å². The molecule has 31 heavy (non-hydrogen) atoms. The zero-order chi connectivity index (χ0) is 21.4. The molecule has 2 aromatic heterocycles. The molecule has 0 atom stereocenters. The lowest BCUT2D eigenvalue weighted by Crippen LogP contribution is -2.31. The number of hydrogen-bond acceptors (Lipinski definition) is 9. The molecule has 1 aliphatic rings. The number of nitrogens with zero attached hydrogens (tertiary/aromatic N) is 4. The first-order valence-corrected chi connectivity index (χ1v) is 10.6. The molecule has 0 amide bonds. The van der Waals surface area contributed by atoms with Crippen LogP contribution in [0.4, 0.5) is 11.5 Å². The summed E-state index contributed by atoms with van der Waals surface area (Å²) < 4.78 is 11.8. The number of hydrogen-bond donors (Lipinski definition) is 3. The number of amidine groups is 1. The fourth-order valence-corrected chi connectivity index (χ4v) is 4.36. The minimum atomic E-state index is 0.230. The zero-order valence-electron chi connectivity index (χ0n) is 17.1. The molecule has 3 heterocycles. The first-order valence-electron chi connectivity index (χ1n) is 9.77. The number of anilines is 2. The highest BCUT2D eigenvalue weighted by Gasteiger charge is 2.17. The number of thiazole rings is 1. The summed E-state index contributed by atoms with van der Waals surface area (Å²) in [6, 6.07) is 9.54. The Morgan fingerprint density at radius 2 is 1.97 bits per heavy atom. The summed E-state index contributed by atoms with van der Waals surface area (Å²) in [6.07, 6.45) is 1.54. The van der Waals surface area contributed by atoms with Crippen LogP contribution in [0.2, 0.25) is 0 Å². The number of ether oxygens (including phenoxy) is 2. The van der Waals surface area contributed by atoms with Crippen molar-refractivity contribution in [1.29, 1.82) is 5.41 Å². The molecule has 0 bridgehead atoms. The topological polar surface area (TPSA) is 108 Å². The third-order valence-corrected chi connectivity index (χ3v) is 5.97. The SMILES string of the molecule is CN(C)CCNC(=N)c1nc2ccc3ncnc(Nc4ccc5c(c4)OCO5)c3c2s1. The first-order chi connectivity index (χ1) is 15.1. The lowest BCUT2D eigenvalue weighted by Gasteiger charge is -2.10. The monoisotopic (exact) mass is 435 g/mol. The standard InChI is InChI=1S/C21H21N7O2S/c1-28(2)8-7-23-19(22)21-27-14-5-4-13-17(18(14)31-21)20(25-10-24-13)26-12-3-6-15-16(9-12)30-11-29-15/h3-6,9-10H,7-8,11H2,1-2H3,(H2,22,23)(H,24,25,26). The number of aromatic nitrogens is 3. The summed E-state index contributed by atoms with van der Waals surface area (Å²) in [6.45, 7) is 1.75. The smallest absolute Gasteiger partial charge is 0.231 e. The van der Waals surface area contributed by atoms with Crippen LogP contribution in [0.15, 0.2) is 36.7 Å². The van der Waals surface area contributed by atoms with E-state index in [2.05, 4.69) is 30.5 Å². The predicted molar refractivity (Wildman–Crippen MR) is 122 cm³/mol. The molecule has 2 aromatic carbocycles. The van der Waals surface area contributed by atoms with Crippen molar-refractivity contribution in [2.45, 2.75) is 0 Å². The van der Waals surface area contributed by atoms with Crippen molar-refractivity contribution >= 4 is 49.8 Å². The van der Waals surface area contributed by atoms with Gasteiger partial charge in [0, 0.05) is 24.8 Å². The molecule has 0 spiro atoms. The van der Waals surface area contributed by atoms with Gasteiger partial charge in [0.2, 0.25) is 6.79 Å². The van der Waals surface area contributed by atoms with Gasteiger partial charge in [-0.1, -0.05) is 0 Å². The highest BCUT2D eigenvalue weighted by molar-refractivity contribution is 7.21. The van der Waals surface area contributed by atoms with Crippen LogP contribution in [0.25, 0.3) is 21.1 Å². The zero-order valence-corrected chi connectivity index (χ0v) is 17.9. The van der Waals surface area contributed by atoms with Gasteiger partial charge in [-0.15, -0.1) is 11.3 Å². The summed E-state index contributed by atoms with van der Waals surface area (Å²) in [5.41, 5.74) is 2.47. The molecule has 0 saturated heterocycles. The molecule has 10 heteroatoms. The average Bonchev–Trinajstić information content (AvgIpc) is 3.40. The molecule has 0 unspecified atom stereocenters. The maximum atomic E-state index is 8.36. The second-order valence-corrected chi connectivity index (χ2v) is 8.35. The Hall–Kier alpha value is -3.50.